The van der Waals surface area contributed by atoms with Gasteiger partial charge in [-0.05, 0) is 12.1 Å². The van der Waals surface area contributed by atoms with Crippen molar-refractivity contribution in [3.8, 4) is 10.7 Å². The summed E-state index contributed by atoms with van der Waals surface area (Å²) in [6, 6.07) is 3.26. The van der Waals surface area contributed by atoms with Crippen LogP contribution < -0.4 is 0 Å². The Morgan fingerprint density at radius 3 is 2.88 bits per heavy atom. The Labute approximate surface area is 135 Å². The molecule has 0 aromatic carbocycles. The zero-order valence-corrected chi connectivity index (χ0v) is 12.8. The first-order valence-corrected chi connectivity index (χ1v) is 7.16. The number of aromatic nitrogens is 5. The van der Waals surface area contributed by atoms with Gasteiger partial charge in [-0.15, -0.1) is 16.4 Å². The zero-order valence-electron chi connectivity index (χ0n) is 11.9. The van der Waals surface area contributed by atoms with E-state index in [-0.39, 0.29) is 18.2 Å². The monoisotopic (exact) mass is 359 g/mol. The van der Waals surface area contributed by atoms with Crippen molar-refractivity contribution in [1.29, 1.82) is 0 Å². The van der Waals surface area contributed by atoms with Gasteiger partial charge in [-0.2, -0.15) is 18.2 Å². The summed E-state index contributed by atoms with van der Waals surface area (Å²) in [6.07, 6.45) is -3.34. The van der Waals surface area contributed by atoms with Gasteiger partial charge in [-0.3, -0.25) is 0 Å². The molecule has 3 aromatic heterocycles. The minimum atomic E-state index is -4.68. The molecule has 0 aliphatic rings. The van der Waals surface area contributed by atoms with Gasteiger partial charge in [0.2, 0.25) is 5.82 Å². The molecule has 0 amide bonds. The molecule has 126 valence electrons. The Morgan fingerprint density at radius 2 is 2.21 bits per heavy atom. The van der Waals surface area contributed by atoms with Crippen LogP contribution in [-0.2, 0) is 17.5 Å². The lowest BCUT2D eigenvalue weighted by molar-refractivity contribution is -0.159. The van der Waals surface area contributed by atoms with Crippen molar-refractivity contribution in [2.24, 2.45) is 0 Å². The summed E-state index contributed by atoms with van der Waals surface area (Å²) in [6.45, 7) is 0.276. The van der Waals surface area contributed by atoms with Crippen molar-refractivity contribution >= 4 is 17.3 Å². The van der Waals surface area contributed by atoms with Crippen LogP contribution in [0.3, 0.4) is 0 Å². The minimum absolute atomic E-state index is 0.0812. The van der Waals surface area contributed by atoms with Crippen LogP contribution in [0.1, 0.15) is 21.4 Å². The first-order chi connectivity index (χ1) is 11.4. The average molecular weight is 359 g/mol. The number of methoxy groups -OCH3 is 1. The van der Waals surface area contributed by atoms with E-state index in [9.17, 15) is 18.0 Å². The summed E-state index contributed by atoms with van der Waals surface area (Å²) >= 11 is 1.17. The standard InChI is InChI=1S/C12H8F3N5O3S/c1-22-10(21)9-16-5-20(18-9)4-6-2-3-7(24-6)8-17-11(23-19-8)12(13,14)15/h2-3,5H,4H2,1H3. The minimum Gasteiger partial charge on any atom is -0.463 e. The summed E-state index contributed by atoms with van der Waals surface area (Å²) in [7, 11) is 1.22. The van der Waals surface area contributed by atoms with Gasteiger partial charge < -0.3 is 9.26 Å². The maximum absolute atomic E-state index is 12.5. The molecule has 0 bridgehead atoms. The molecule has 0 N–H and O–H groups in total. The summed E-state index contributed by atoms with van der Waals surface area (Å²) in [4.78, 5) is 19.6. The Bertz CT molecular complexity index is 869. The second kappa shape index (κ2) is 6.03. The highest BCUT2D eigenvalue weighted by Gasteiger charge is 2.38. The van der Waals surface area contributed by atoms with Crippen LogP contribution in [-0.4, -0.2) is 38.0 Å². The Morgan fingerprint density at radius 1 is 1.42 bits per heavy atom. The molecular weight excluding hydrogens is 351 g/mol. The number of halogens is 3. The molecule has 12 heteroatoms. The van der Waals surface area contributed by atoms with Crippen molar-refractivity contribution in [2.75, 3.05) is 7.11 Å². The Hall–Kier alpha value is -2.76. The predicted octanol–water partition coefficient (Wildman–Crippen LogP) is 2.24. The highest BCUT2D eigenvalue weighted by Crippen LogP contribution is 2.31. The van der Waals surface area contributed by atoms with Gasteiger partial charge in [0.05, 0.1) is 18.5 Å². The lowest BCUT2D eigenvalue weighted by Crippen LogP contribution is -2.06. The predicted molar refractivity (Wildman–Crippen MR) is 73.1 cm³/mol. The zero-order chi connectivity index (χ0) is 17.3. The normalized spacial score (nSPS) is 11.7. The molecule has 0 spiro atoms. The molecular formula is C12H8F3N5O3S. The number of thiophene rings is 1. The van der Waals surface area contributed by atoms with E-state index in [1.165, 1.54) is 29.5 Å². The molecule has 8 nitrogen and oxygen atoms in total. The van der Waals surface area contributed by atoms with Gasteiger partial charge in [0.25, 0.3) is 5.82 Å². The number of hydrogen-bond acceptors (Lipinski definition) is 8. The first kappa shape index (κ1) is 16.1. The van der Waals surface area contributed by atoms with Crippen LogP contribution in [0.15, 0.2) is 23.0 Å². The van der Waals surface area contributed by atoms with E-state index in [1.54, 1.807) is 12.1 Å². The van der Waals surface area contributed by atoms with Crippen molar-refractivity contribution in [3.63, 3.8) is 0 Å². The summed E-state index contributed by atoms with van der Waals surface area (Å²) in [5.41, 5.74) is 0. The summed E-state index contributed by atoms with van der Waals surface area (Å²) < 4.78 is 47.5. The number of carbonyl (C=O) groups is 1. The van der Waals surface area contributed by atoms with Gasteiger partial charge >= 0.3 is 18.0 Å². The van der Waals surface area contributed by atoms with Crippen LogP contribution in [0.25, 0.3) is 10.7 Å². The smallest absolute Gasteiger partial charge is 0.463 e. The number of alkyl halides is 3. The van der Waals surface area contributed by atoms with Crippen LogP contribution in [0.5, 0.6) is 0 Å². The molecule has 0 aliphatic heterocycles. The van der Waals surface area contributed by atoms with Gasteiger partial charge in [0, 0.05) is 4.88 Å². The van der Waals surface area contributed by atoms with E-state index < -0.39 is 18.0 Å². The number of ether oxygens (including phenoxy) is 1. The largest absolute Gasteiger partial charge is 0.471 e. The third-order valence-corrected chi connectivity index (χ3v) is 3.84. The number of rotatable bonds is 4. The average Bonchev–Trinajstić information content (AvgIpc) is 3.25. The maximum atomic E-state index is 12.5. The van der Waals surface area contributed by atoms with Crippen LogP contribution >= 0.6 is 11.3 Å². The molecule has 3 aromatic rings. The van der Waals surface area contributed by atoms with Crippen molar-refractivity contribution in [3.05, 3.63) is 35.1 Å². The topological polar surface area (TPSA) is 95.9 Å². The van der Waals surface area contributed by atoms with Gasteiger partial charge in [-0.25, -0.2) is 14.5 Å². The first-order valence-electron chi connectivity index (χ1n) is 6.34. The molecule has 24 heavy (non-hydrogen) atoms. The van der Waals surface area contributed by atoms with Gasteiger partial charge in [0.15, 0.2) is 0 Å². The Balaban J connectivity index is 1.75. The number of nitrogens with zero attached hydrogens (tertiary/aromatic N) is 5. The third kappa shape index (κ3) is 3.27. The fourth-order valence-corrected chi connectivity index (χ4v) is 2.66. The SMILES string of the molecule is COC(=O)c1ncn(Cc2ccc(-c3noc(C(F)(F)F)n3)s2)n1. The molecule has 0 aliphatic carbocycles. The summed E-state index contributed by atoms with van der Waals surface area (Å²) in [5.74, 6) is -2.28. The Kier molecular flexibility index (Phi) is 4.05. The highest BCUT2D eigenvalue weighted by molar-refractivity contribution is 7.15. The third-order valence-electron chi connectivity index (χ3n) is 2.77. The molecule has 3 heterocycles. The van der Waals surface area contributed by atoms with Crippen molar-refractivity contribution in [1.82, 2.24) is 24.9 Å². The maximum Gasteiger partial charge on any atom is 0.471 e. The fourth-order valence-electron chi connectivity index (χ4n) is 1.74. The quantitative estimate of drug-likeness (QED) is 0.659. The molecule has 0 radical (unpaired) electrons. The molecule has 0 unspecified atom stereocenters. The van der Waals surface area contributed by atoms with E-state index in [2.05, 4.69) is 29.5 Å². The van der Waals surface area contributed by atoms with Crippen LogP contribution in [0, 0.1) is 0 Å². The summed E-state index contributed by atoms with van der Waals surface area (Å²) in [5, 5.41) is 7.25. The van der Waals surface area contributed by atoms with Gasteiger partial charge in [0.1, 0.15) is 6.33 Å². The number of hydrogen-bond donors (Lipinski definition) is 0. The van der Waals surface area contributed by atoms with E-state index in [4.69, 9.17) is 0 Å². The fraction of sp³-hybridized carbons (Fsp3) is 0.250. The second-order valence-electron chi connectivity index (χ2n) is 4.44. The van der Waals surface area contributed by atoms with E-state index in [0.29, 0.717) is 4.88 Å². The van der Waals surface area contributed by atoms with E-state index >= 15 is 0 Å². The molecule has 3 rings (SSSR count). The molecule has 0 fully saturated rings. The van der Waals surface area contributed by atoms with Crippen molar-refractivity contribution < 1.29 is 27.2 Å². The van der Waals surface area contributed by atoms with Crippen LogP contribution in [0.2, 0.25) is 0 Å². The van der Waals surface area contributed by atoms with Crippen molar-refractivity contribution in [2.45, 2.75) is 12.7 Å². The van der Waals surface area contributed by atoms with E-state index in [1.807, 2.05) is 0 Å². The second-order valence-corrected chi connectivity index (χ2v) is 5.61. The molecule has 0 saturated carbocycles. The lowest BCUT2D eigenvalue weighted by atomic mass is 10.4. The van der Waals surface area contributed by atoms with Crippen LogP contribution in [0.4, 0.5) is 13.2 Å². The number of carbonyl (C=O) groups excluding carboxylic acids is 1. The molecule has 0 atom stereocenters. The van der Waals surface area contributed by atoms with E-state index in [0.717, 1.165) is 4.88 Å². The molecule has 0 saturated heterocycles. The van der Waals surface area contributed by atoms with Gasteiger partial charge in [-0.1, -0.05) is 5.16 Å². The lowest BCUT2D eigenvalue weighted by Gasteiger charge is -1.96. The number of esters is 1. The highest BCUT2D eigenvalue weighted by atomic mass is 32.1.